The molecule has 5 nitrogen and oxygen atoms in total. The van der Waals surface area contributed by atoms with E-state index in [4.69, 9.17) is 10.5 Å². The van der Waals surface area contributed by atoms with E-state index in [0.717, 1.165) is 0 Å². The maximum absolute atomic E-state index is 9.26. The molecule has 2 aromatic rings. The average Bonchev–Trinajstić information content (AvgIpc) is 2.46. The highest BCUT2D eigenvalue weighted by molar-refractivity contribution is 7.80. The smallest absolute Gasteiger partial charge is 0.143 e. The van der Waals surface area contributed by atoms with E-state index in [9.17, 15) is 10.5 Å². The molecule has 0 aliphatic rings. The molecule has 6 heteroatoms. The highest BCUT2D eigenvalue weighted by Gasteiger charge is 2.18. The van der Waals surface area contributed by atoms with Crippen molar-refractivity contribution in [2.24, 2.45) is 0 Å². The molecule has 0 fully saturated rings. The van der Waals surface area contributed by atoms with Crippen molar-refractivity contribution >= 4 is 18.4 Å². The van der Waals surface area contributed by atoms with E-state index < -0.39 is 0 Å². The number of thiol groups is 1. The van der Waals surface area contributed by atoms with Crippen LogP contribution in [0.25, 0.3) is 11.1 Å². The molecule has 98 valence electrons. The van der Waals surface area contributed by atoms with E-state index in [1.54, 1.807) is 31.4 Å². The molecule has 0 atom stereocenters. The van der Waals surface area contributed by atoms with Crippen LogP contribution in [-0.2, 0) is 0 Å². The lowest BCUT2D eigenvalue weighted by molar-refractivity contribution is 0.415. The summed E-state index contributed by atoms with van der Waals surface area (Å²) in [6.07, 6.45) is 0. The van der Waals surface area contributed by atoms with Crippen LogP contribution in [0.15, 0.2) is 29.3 Å². The number of anilines is 1. The first-order valence-corrected chi connectivity index (χ1v) is 6.04. The summed E-state index contributed by atoms with van der Waals surface area (Å²) in [5.74, 6) is 0.737. The van der Waals surface area contributed by atoms with E-state index in [0.29, 0.717) is 16.9 Å². The van der Waals surface area contributed by atoms with Gasteiger partial charge in [-0.15, -0.1) is 12.6 Å². The summed E-state index contributed by atoms with van der Waals surface area (Å²) in [7, 11) is 1.56. The summed E-state index contributed by atoms with van der Waals surface area (Å²) >= 11 is 4.14. The standard InChI is InChI=1S/C14H10N4OS/c1-19-9-4-2-8(3-5-9)12-10(6-15)13(17)18-14(20)11(12)7-16/h2-5H,1H3,(H3,17,18,20). The molecule has 2 N–H and O–H groups in total. The van der Waals surface area contributed by atoms with Crippen molar-refractivity contribution < 1.29 is 4.74 Å². The molecule has 0 spiro atoms. The molecular weight excluding hydrogens is 272 g/mol. The van der Waals surface area contributed by atoms with Crippen LogP contribution >= 0.6 is 12.6 Å². The van der Waals surface area contributed by atoms with Crippen molar-refractivity contribution in [3.63, 3.8) is 0 Å². The van der Waals surface area contributed by atoms with Gasteiger partial charge in [0.1, 0.15) is 34.3 Å². The molecule has 1 heterocycles. The summed E-state index contributed by atoms with van der Waals surface area (Å²) in [6, 6.07) is 11.0. The van der Waals surface area contributed by atoms with Gasteiger partial charge in [0.15, 0.2) is 0 Å². The zero-order chi connectivity index (χ0) is 14.7. The fourth-order valence-electron chi connectivity index (χ4n) is 1.86. The minimum atomic E-state index is 0.0577. The third-order valence-electron chi connectivity index (χ3n) is 2.81. The predicted octanol–water partition coefficient (Wildman–Crippen LogP) is 2.37. The summed E-state index contributed by atoms with van der Waals surface area (Å²) in [5, 5.41) is 18.7. The molecule has 20 heavy (non-hydrogen) atoms. The number of rotatable bonds is 2. The molecule has 2 rings (SSSR count). The molecule has 0 radical (unpaired) electrons. The van der Waals surface area contributed by atoms with Crippen molar-refractivity contribution in [3.8, 4) is 29.0 Å². The Bertz CT molecular complexity index is 703. The highest BCUT2D eigenvalue weighted by Crippen LogP contribution is 2.33. The lowest BCUT2D eigenvalue weighted by Crippen LogP contribution is -2.02. The Kier molecular flexibility index (Phi) is 3.79. The number of hydrogen-bond acceptors (Lipinski definition) is 6. The molecule has 0 saturated carbocycles. The van der Waals surface area contributed by atoms with Crippen molar-refractivity contribution in [2.45, 2.75) is 5.03 Å². The number of hydrogen-bond donors (Lipinski definition) is 2. The van der Waals surface area contributed by atoms with Crippen molar-refractivity contribution in [1.82, 2.24) is 4.98 Å². The van der Waals surface area contributed by atoms with Crippen LogP contribution in [0.5, 0.6) is 5.75 Å². The van der Waals surface area contributed by atoms with Gasteiger partial charge in [0.25, 0.3) is 0 Å². The van der Waals surface area contributed by atoms with Gasteiger partial charge in [-0.3, -0.25) is 0 Å². The second-order valence-corrected chi connectivity index (χ2v) is 4.32. The number of nitrogens with zero attached hydrogens (tertiary/aromatic N) is 3. The number of nitrogens with two attached hydrogens (primary N) is 1. The molecule has 0 bridgehead atoms. The van der Waals surface area contributed by atoms with Crippen molar-refractivity contribution in [2.75, 3.05) is 12.8 Å². The number of nitrogen functional groups attached to an aromatic ring is 1. The lowest BCUT2D eigenvalue weighted by Gasteiger charge is -2.11. The van der Waals surface area contributed by atoms with Crippen LogP contribution in [0.2, 0.25) is 0 Å². The number of nitriles is 2. The number of ether oxygens (including phenoxy) is 1. The number of pyridine rings is 1. The van der Waals surface area contributed by atoms with Gasteiger partial charge in [-0.1, -0.05) is 12.1 Å². The Morgan fingerprint density at radius 3 is 2.25 bits per heavy atom. The highest BCUT2D eigenvalue weighted by atomic mass is 32.1. The van der Waals surface area contributed by atoms with E-state index in [1.807, 2.05) is 12.1 Å². The van der Waals surface area contributed by atoms with Crippen LogP contribution in [0.3, 0.4) is 0 Å². The average molecular weight is 282 g/mol. The third-order valence-corrected chi connectivity index (χ3v) is 3.13. The van der Waals surface area contributed by atoms with E-state index in [-0.39, 0.29) is 22.0 Å². The fourth-order valence-corrected chi connectivity index (χ4v) is 2.13. The molecule has 1 aromatic heterocycles. The molecule has 0 aliphatic carbocycles. The van der Waals surface area contributed by atoms with Gasteiger partial charge in [0.05, 0.1) is 12.7 Å². The SMILES string of the molecule is COc1ccc(-c2c(C#N)c(N)nc(S)c2C#N)cc1. The van der Waals surface area contributed by atoms with Gasteiger partial charge in [-0.05, 0) is 17.7 Å². The number of methoxy groups -OCH3 is 1. The first kappa shape index (κ1) is 13.7. The molecule has 0 unspecified atom stereocenters. The van der Waals surface area contributed by atoms with Gasteiger partial charge in [0, 0.05) is 5.56 Å². The van der Waals surface area contributed by atoms with Gasteiger partial charge in [-0.2, -0.15) is 10.5 Å². The Morgan fingerprint density at radius 1 is 1.15 bits per heavy atom. The largest absolute Gasteiger partial charge is 0.497 e. The zero-order valence-electron chi connectivity index (χ0n) is 10.6. The summed E-state index contributed by atoms with van der Waals surface area (Å²) in [4.78, 5) is 3.91. The van der Waals surface area contributed by atoms with Crippen LogP contribution in [-0.4, -0.2) is 12.1 Å². The van der Waals surface area contributed by atoms with Crippen LogP contribution in [0.4, 0.5) is 5.82 Å². The zero-order valence-corrected chi connectivity index (χ0v) is 11.5. The molecule has 1 aromatic carbocycles. The maximum Gasteiger partial charge on any atom is 0.143 e. The van der Waals surface area contributed by atoms with Crippen LogP contribution < -0.4 is 10.5 Å². The molecular formula is C14H10N4OS. The monoisotopic (exact) mass is 282 g/mol. The normalized spacial score (nSPS) is 9.60. The van der Waals surface area contributed by atoms with E-state index in [1.165, 1.54) is 0 Å². The summed E-state index contributed by atoms with van der Waals surface area (Å²) in [6.45, 7) is 0. The lowest BCUT2D eigenvalue weighted by atomic mass is 9.97. The minimum absolute atomic E-state index is 0.0577. The topological polar surface area (TPSA) is 95.7 Å². The minimum Gasteiger partial charge on any atom is -0.497 e. The second-order valence-electron chi connectivity index (χ2n) is 3.90. The van der Waals surface area contributed by atoms with Gasteiger partial charge in [-0.25, -0.2) is 4.98 Å². The molecule has 0 saturated heterocycles. The third kappa shape index (κ3) is 2.25. The van der Waals surface area contributed by atoms with Crippen molar-refractivity contribution in [1.29, 1.82) is 10.5 Å². The van der Waals surface area contributed by atoms with Gasteiger partial charge >= 0.3 is 0 Å². The van der Waals surface area contributed by atoms with E-state index in [2.05, 4.69) is 17.6 Å². The second kappa shape index (κ2) is 5.52. The van der Waals surface area contributed by atoms with Crippen LogP contribution in [0, 0.1) is 22.7 Å². The summed E-state index contributed by atoms with van der Waals surface area (Å²) in [5.41, 5.74) is 7.25. The Morgan fingerprint density at radius 2 is 1.75 bits per heavy atom. The quantitative estimate of drug-likeness (QED) is 0.824. The Balaban J connectivity index is 2.77. The first-order chi connectivity index (χ1) is 9.62. The first-order valence-electron chi connectivity index (χ1n) is 5.59. The molecule has 0 amide bonds. The predicted molar refractivity (Wildman–Crippen MR) is 77.3 cm³/mol. The number of benzene rings is 1. The summed E-state index contributed by atoms with van der Waals surface area (Å²) < 4.78 is 5.08. The van der Waals surface area contributed by atoms with Crippen LogP contribution in [0.1, 0.15) is 11.1 Å². The van der Waals surface area contributed by atoms with Gasteiger partial charge in [0.2, 0.25) is 0 Å². The van der Waals surface area contributed by atoms with Gasteiger partial charge < -0.3 is 10.5 Å². The van der Waals surface area contributed by atoms with Crippen molar-refractivity contribution in [3.05, 3.63) is 35.4 Å². The number of aromatic nitrogens is 1. The molecule has 0 aliphatic heterocycles. The maximum atomic E-state index is 9.26. The van der Waals surface area contributed by atoms with E-state index >= 15 is 0 Å². The Hall–Kier alpha value is -2.70. The Labute approximate surface area is 121 Å². The fraction of sp³-hybridized carbons (Fsp3) is 0.0714.